The highest BCUT2D eigenvalue weighted by atomic mass is 32.2. The third-order valence-electron chi connectivity index (χ3n) is 1.28. The summed E-state index contributed by atoms with van der Waals surface area (Å²) in [5.74, 6) is 1.49. The molecule has 4 nitrogen and oxygen atoms in total. The third-order valence-corrected chi connectivity index (χ3v) is 2.33. The minimum Gasteiger partial charge on any atom is -0.416 e. The van der Waals surface area contributed by atoms with Gasteiger partial charge in [-0.1, -0.05) is 23.9 Å². The fourth-order valence-corrected chi connectivity index (χ4v) is 1.36. The van der Waals surface area contributed by atoms with Crippen molar-refractivity contribution < 1.29 is 10.2 Å². The molecule has 3 N–H and O–H groups in total. The first kappa shape index (κ1) is 10.3. The predicted octanol–water partition coefficient (Wildman–Crippen LogP) is 0.522. The number of aromatic nitrogens is 2. The average Bonchev–Trinajstić information content (AvgIpc) is 2.50. The van der Waals surface area contributed by atoms with Crippen molar-refractivity contribution in [3.05, 3.63) is 18.0 Å². The van der Waals surface area contributed by atoms with E-state index in [4.69, 9.17) is 4.42 Å². The van der Waals surface area contributed by atoms with Gasteiger partial charge in [-0.2, -0.15) is 0 Å². The molecular formula is C8H14N3OS+. The van der Waals surface area contributed by atoms with Crippen molar-refractivity contribution >= 4 is 11.8 Å². The van der Waals surface area contributed by atoms with E-state index in [1.165, 1.54) is 11.8 Å². The average molecular weight is 200 g/mol. The smallest absolute Gasteiger partial charge is 0.276 e. The second-order valence-electron chi connectivity index (χ2n) is 2.81. The molecule has 13 heavy (non-hydrogen) atoms. The van der Waals surface area contributed by atoms with Crippen molar-refractivity contribution in [2.45, 2.75) is 18.6 Å². The molecule has 1 rings (SSSR count). The molecule has 0 aromatic carbocycles. The van der Waals surface area contributed by atoms with Gasteiger partial charge in [0, 0.05) is 5.75 Å². The number of nitrogens with zero attached hydrogens (tertiary/aromatic N) is 2. The van der Waals surface area contributed by atoms with Gasteiger partial charge in [0.25, 0.3) is 5.22 Å². The Hall–Kier alpha value is -0.810. The maximum absolute atomic E-state index is 5.33. The molecule has 0 fully saturated rings. The summed E-state index contributed by atoms with van der Waals surface area (Å²) >= 11 is 1.51. The van der Waals surface area contributed by atoms with Crippen molar-refractivity contribution in [3.8, 4) is 0 Å². The van der Waals surface area contributed by atoms with Crippen LogP contribution in [0.25, 0.3) is 0 Å². The largest absolute Gasteiger partial charge is 0.416 e. The fraction of sp³-hybridized carbons (Fsp3) is 0.500. The first-order chi connectivity index (χ1) is 6.22. The van der Waals surface area contributed by atoms with E-state index in [1.54, 1.807) is 0 Å². The maximum atomic E-state index is 5.33. The Bertz CT molecular complexity index is 285. The van der Waals surface area contributed by atoms with Crippen LogP contribution in [0.3, 0.4) is 0 Å². The van der Waals surface area contributed by atoms with Crippen LogP contribution in [-0.2, 0) is 6.42 Å². The van der Waals surface area contributed by atoms with Crippen molar-refractivity contribution in [3.63, 3.8) is 0 Å². The molecule has 0 aliphatic rings. The second-order valence-corrected chi connectivity index (χ2v) is 3.74. The molecule has 0 spiro atoms. The molecule has 72 valence electrons. The molecule has 0 radical (unpaired) electrons. The highest BCUT2D eigenvalue weighted by Crippen LogP contribution is 2.17. The van der Waals surface area contributed by atoms with Crippen LogP contribution in [0.4, 0.5) is 0 Å². The van der Waals surface area contributed by atoms with E-state index >= 15 is 0 Å². The summed E-state index contributed by atoms with van der Waals surface area (Å²) in [6, 6.07) is 0. The standard InChI is InChI=1S/C8H13N3OS/c1-6(2)5-13-8-11-10-7(12-8)3-4-9/h1,3-5,9H2,2H3/p+1. The summed E-state index contributed by atoms with van der Waals surface area (Å²) in [5.41, 5.74) is 4.81. The van der Waals surface area contributed by atoms with Crippen LogP contribution in [0, 0.1) is 0 Å². The van der Waals surface area contributed by atoms with Gasteiger partial charge in [0.2, 0.25) is 5.89 Å². The van der Waals surface area contributed by atoms with E-state index in [-0.39, 0.29) is 0 Å². The number of quaternary nitrogens is 1. The van der Waals surface area contributed by atoms with Crippen LogP contribution in [0.2, 0.25) is 0 Å². The molecule has 0 aliphatic carbocycles. The van der Waals surface area contributed by atoms with Crippen LogP contribution in [0.1, 0.15) is 12.8 Å². The Morgan fingerprint density at radius 1 is 1.62 bits per heavy atom. The van der Waals surface area contributed by atoms with Gasteiger partial charge >= 0.3 is 0 Å². The molecular weight excluding hydrogens is 186 g/mol. The fourth-order valence-electron chi connectivity index (χ4n) is 0.734. The molecule has 5 heteroatoms. The van der Waals surface area contributed by atoms with Gasteiger partial charge in [0.1, 0.15) is 0 Å². The molecule has 0 bridgehead atoms. The highest BCUT2D eigenvalue weighted by molar-refractivity contribution is 7.99. The molecule has 0 aliphatic heterocycles. The Morgan fingerprint density at radius 3 is 3.00 bits per heavy atom. The van der Waals surface area contributed by atoms with Crippen LogP contribution in [0.15, 0.2) is 21.8 Å². The summed E-state index contributed by atoms with van der Waals surface area (Å²) in [6.45, 7) is 6.55. The number of thioether (sulfide) groups is 1. The first-order valence-corrected chi connectivity index (χ1v) is 5.09. The van der Waals surface area contributed by atoms with E-state index in [0.29, 0.717) is 11.1 Å². The lowest BCUT2D eigenvalue weighted by Gasteiger charge is -1.92. The zero-order chi connectivity index (χ0) is 9.68. The summed E-state index contributed by atoms with van der Waals surface area (Å²) in [7, 11) is 0. The van der Waals surface area contributed by atoms with E-state index in [2.05, 4.69) is 22.5 Å². The Kier molecular flexibility index (Phi) is 3.98. The molecule has 0 saturated heterocycles. The Morgan fingerprint density at radius 2 is 2.38 bits per heavy atom. The van der Waals surface area contributed by atoms with E-state index in [0.717, 1.165) is 24.3 Å². The molecule has 0 unspecified atom stereocenters. The van der Waals surface area contributed by atoms with Gasteiger partial charge in [0.05, 0.1) is 13.0 Å². The van der Waals surface area contributed by atoms with Crippen molar-refractivity contribution in [1.82, 2.24) is 10.2 Å². The molecule has 0 saturated carbocycles. The van der Waals surface area contributed by atoms with Crippen molar-refractivity contribution in [1.29, 1.82) is 0 Å². The molecule has 0 amide bonds. The number of hydrogen-bond donors (Lipinski definition) is 1. The SMILES string of the molecule is C=C(C)CSc1nnc(CC[NH3+])o1. The minimum absolute atomic E-state index is 0.617. The summed E-state index contributed by atoms with van der Waals surface area (Å²) in [5, 5.41) is 8.38. The quantitative estimate of drug-likeness (QED) is 0.556. The van der Waals surface area contributed by atoms with Gasteiger partial charge < -0.3 is 10.2 Å². The van der Waals surface area contributed by atoms with Crippen LogP contribution in [0.5, 0.6) is 0 Å². The highest BCUT2D eigenvalue weighted by Gasteiger charge is 2.05. The third kappa shape index (κ3) is 3.61. The van der Waals surface area contributed by atoms with Crippen molar-refractivity contribution in [2.75, 3.05) is 12.3 Å². The van der Waals surface area contributed by atoms with Gasteiger partial charge in [-0.25, -0.2) is 0 Å². The lowest BCUT2D eigenvalue weighted by atomic mass is 10.4. The number of rotatable bonds is 5. The zero-order valence-corrected chi connectivity index (χ0v) is 8.56. The van der Waals surface area contributed by atoms with Crippen LogP contribution >= 0.6 is 11.8 Å². The lowest BCUT2D eigenvalue weighted by Crippen LogP contribution is -2.51. The first-order valence-electron chi connectivity index (χ1n) is 4.11. The minimum atomic E-state index is 0.617. The second kappa shape index (κ2) is 5.04. The van der Waals surface area contributed by atoms with Gasteiger partial charge in [-0.15, -0.1) is 10.2 Å². The van der Waals surface area contributed by atoms with Crippen LogP contribution < -0.4 is 5.73 Å². The summed E-state index contributed by atoms with van der Waals surface area (Å²) in [6.07, 6.45) is 0.751. The Balaban J connectivity index is 2.44. The van der Waals surface area contributed by atoms with Gasteiger partial charge in [-0.05, 0) is 6.92 Å². The lowest BCUT2D eigenvalue weighted by molar-refractivity contribution is -0.367. The molecule has 1 heterocycles. The maximum Gasteiger partial charge on any atom is 0.276 e. The van der Waals surface area contributed by atoms with E-state index < -0.39 is 0 Å². The van der Waals surface area contributed by atoms with Gasteiger partial charge in [0.15, 0.2) is 0 Å². The normalized spacial score (nSPS) is 10.3. The van der Waals surface area contributed by atoms with E-state index in [9.17, 15) is 0 Å². The van der Waals surface area contributed by atoms with Crippen LogP contribution in [-0.4, -0.2) is 22.5 Å². The van der Waals surface area contributed by atoms with Gasteiger partial charge in [-0.3, -0.25) is 0 Å². The predicted molar refractivity (Wildman–Crippen MR) is 51.3 cm³/mol. The Labute approximate surface area is 81.6 Å². The summed E-state index contributed by atoms with van der Waals surface area (Å²) in [4.78, 5) is 0. The monoisotopic (exact) mass is 200 g/mol. The zero-order valence-electron chi connectivity index (χ0n) is 7.75. The topological polar surface area (TPSA) is 66.6 Å². The molecule has 1 aromatic rings. The summed E-state index contributed by atoms with van der Waals surface area (Å²) < 4.78 is 5.33. The molecule has 0 atom stereocenters. The number of hydrogen-bond acceptors (Lipinski definition) is 4. The van der Waals surface area contributed by atoms with Crippen molar-refractivity contribution in [2.24, 2.45) is 0 Å². The van der Waals surface area contributed by atoms with E-state index in [1.807, 2.05) is 6.92 Å². The molecule has 1 aromatic heterocycles.